The summed E-state index contributed by atoms with van der Waals surface area (Å²) in [5, 5.41) is 2.76. The molecule has 190 valence electrons. The van der Waals surface area contributed by atoms with Gasteiger partial charge >= 0.3 is 5.97 Å². The minimum atomic E-state index is -0.397. The minimum absolute atomic E-state index is 0.0462. The molecule has 1 aliphatic rings. The highest BCUT2D eigenvalue weighted by Crippen LogP contribution is 2.37. The first-order valence-electron chi connectivity index (χ1n) is 11.8. The van der Waals surface area contributed by atoms with E-state index in [1.165, 1.54) is 18.7 Å². The lowest BCUT2D eigenvalue weighted by Crippen LogP contribution is -2.23. The maximum atomic E-state index is 12.5. The van der Waals surface area contributed by atoms with Crippen molar-refractivity contribution in [2.45, 2.75) is 45.9 Å². The van der Waals surface area contributed by atoms with Crippen LogP contribution < -0.4 is 5.32 Å². The molecule has 1 amide bonds. The van der Waals surface area contributed by atoms with Gasteiger partial charge in [0.1, 0.15) is 11.7 Å². The monoisotopic (exact) mass is 511 g/mol. The van der Waals surface area contributed by atoms with E-state index >= 15 is 0 Å². The average molecular weight is 512 g/mol. The number of nitrogens with zero attached hydrogens (tertiary/aromatic N) is 4. The standard InChI is InChI=1S/C25H29N5O5S/c1-15(2)23(32)29-25-26-12-19-22(28-25)30(14-27-19)21-11-18(20(35-21)9-10-36-16(3)31)13-34-24(33)17-7-5-4-6-8-17/h4-8,12,14-15,18,20-21H,9-11,13H2,1-3H3,(H,26,28,29,32)/t18-,20-,21+/m1/s1. The molecule has 11 heteroatoms. The van der Waals surface area contributed by atoms with Crippen LogP contribution in [0.2, 0.25) is 0 Å². The summed E-state index contributed by atoms with van der Waals surface area (Å²) in [7, 11) is 0. The normalized spacial score (nSPS) is 19.5. The van der Waals surface area contributed by atoms with Gasteiger partial charge in [0.2, 0.25) is 11.9 Å². The summed E-state index contributed by atoms with van der Waals surface area (Å²) in [6.07, 6.45) is 3.78. The number of hydrogen-bond donors (Lipinski definition) is 1. The number of aromatic nitrogens is 4. The molecule has 3 heterocycles. The van der Waals surface area contributed by atoms with Crippen LogP contribution in [0.5, 0.6) is 0 Å². The Labute approximate surface area is 213 Å². The van der Waals surface area contributed by atoms with Crippen LogP contribution in [-0.2, 0) is 19.1 Å². The number of benzene rings is 1. The second kappa shape index (κ2) is 11.6. The maximum Gasteiger partial charge on any atom is 0.338 e. The van der Waals surface area contributed by atoms with Gasteiger partial charge < -0.3 is 9.47 Å². The predicted octanol–water partition coefficient (Wildman–Crippen LogP) is 3.85. The second-order valence-corrected chi connectivity index (χ2v) is 10.2. The zero-order valence-corrected chi connectivity index (χ0v) is 21.2. The highest BCUT2D eigenvalue weighted by atomic mass is 32.2. The summed E-state index contributed by atoms with van der Waals surface area (Å²) in [5.74, 6) is -0.0459. The number of anilines is 1. The maximum absolute atomic E-state index is 12.5. The molecule has 1 N–H and O–H groups in total. The molecule has 36 heavy (non-hydrogen) atoms. The third kappa shape index (κ3) is 6.27. The fourth-order valence-corrected chi connectivity index (χ4v) is 4.59. The van der Waals surface area contributed by atoms with Gasteiger partial charge in [-0.15, -0.1) is 0 Å². The third-order valence-corrected chi connectivity index (χ3v) is 6.74. The number of carbonyl (C=O) groups is 3. The molecule has 3 atom stereocenters. The highest BCUT2D eigenvalue weighted by Gasteiger charge is 2.37. The lowest BCUT2D eigenvalue weighted by atomic mass is 10.00. The highest BCUT2D eigenvalue weighted by molar-refractivity contribution is 8.13. The zero-order valence-electron chi connectivity index (χ0n) is 20.4. The molecule has 1 fully saturated rings. The molecule has 0 unspecified atom stereocenters. The Balaban J connectivity index is 1.50. The van der Waals surface area contributed by atoms with E-state index < -0.39 is 6.23 Å². The van der Waals surface area contributed by atoms with Crippen LogP contribution in [0, 0.1) is 11.8 Å². The van der Waals surface area contributed by atoms with Crippen LogP contribution >= 0.6 is 11.8 Å². The molecule has 0 spiro atoms. The summed E-state index contributed by atoms with van der Waals surface area (Å²) in [4.78, 5) is 49.0. The molecule has 0 saturated carbocycles. The Hall–Kier alpha value is -3.31. The summed E-state index contributed by atoms with van der Waals surface area (Å²) >= 11 is 1.25. The van der Waals surface area contributed by atoms with Gasteiger partial charge in [0, 0.05) is 30.9 Å². The van der Waals surface area contributed by atoms with Crippen molar-refractivity contribution in [3.05, 3.63) is 48.4 Å². The predicted molar refractivity (Wildman–Crippen MR) is 135 cm³/mol. The van der Waals surface area contributed by atoms with Gasteiger partial charge in [-0.05, 0) is 18.6 Å². The number of ether oxygens (including phenoxy) is 2. The van der Waals surface area contributed by atoms with Gasteiger partial charge in [-0.25, -0.2) is 14.8 Å². The lowest BCUT2D eigenvalue weighted by Gasteiger charge is -2.18. The summed E-state index contributed by atoms with van der Waals surface area (Å²) in [6, 6.07) is 8.84. The molecule has 0 bridgehead atoms. The van der Waals surface area contributed by atoms with E-state index in [4.69, 9.17) is 9.47 Å². The van der Waals surface area contributed by atoms with Crippen molar-refractivity contribution >= 4 is 45.9 Å². The summed E-state index contributed by atoms with van der Waals surface area (Å²) in [5.41, 5.74) is 1.60. The number of fused-ring (bicyclic) bond motifs is 1. The van der Waals surface area contributed by atoms with Crippen LogP contribution in [-0.4, -0.2) is 55.0 Å². The first-order valence-corrected chi connectivity index (χ1v) is 12.8. The fourth-order valence-electron chi connectivity index (χ4n) is 3.95. The van der Waals surface area contributed by atoms with Gasteiger partial charge in [0.25, 0.3) is 0 Å². The Morgan fingerprint density at radius 2 is 2.00 bits per heavy atom. The van der Waals surface area contributed by atoms with Crippen molar-refractivity contribution in [3.63, 3.8) is 0 Å². The molecule has 1 aliphatic heterocycles. The Kier molecular flexibility index (Phi) is 8.32. The van der Waals surface area contributed by atoms with Crippen molar-refractivity contribution in [1.82, 2.24) is 19.5 Å². The smallest absolute Gasteiger partial charge is 0.338 e. The number of nitrogens with one attached hydrogen (secondary N) is 1. The van der Waals surface area contributed by atoms with Crippen LogP contribution in [0.15, 0.2) is 42.9 Å². The molecular formula is C25H29N5O5S. The van der Waals surface area contributed by atoms with Gasteiger partial charge in [0.15, 0.2) is 10.8 Å². The number of esters is 1. The van der Waals surface area contributed by atoms with Crippen molar-refractivity contribution in [2.75, 3.05) is 17.7 Å². The number of amides is 1. The molecule has 4 rings (SSSR count). The topological polar surface area (TPSA) is 125 Å². The van der Waals surface area contributed by atoms with Crippen LogP contribution in [0.25, 0.3) is 11.2 Å². The first-order chi connectivity index (χ1) is 17.3. The molecule has 1 aromatic carbocycles. The van der Waals surface area contributed by atoms with E-state index in [1.54, 1.807) is 50.6 Å². The van der Waals surface area contributed by atoms with E-state index in [9.17, 15) is 14.4 Å². The van der Waals surface area contributed by atoms with Gasteiger partial charge in [-0.3, -0.25) is 19.5 Å². The minimum Gasteiger partial charge on any atom is -0.462 e. The molecule has 0 radical (unpaired) electrons. The van der Waals surface area contributed by atoms with Crippen molar-refractivity contribution in [2.24, 2.45) is 11.8 Å². The van der Waals surface area contributed by atoms with Crippen molar-refractivity contribution in [3.8, 4) is 0 Å². The first kappa shape index (κ1) is 25.8. The van der Waals surface area contributed by atoms with E-state index in [0.29, 0.717) is 35.3 Å². The van der Waals surface area contributed by atoms with Gasteiger partial charge in [-0.1, -0.05) is 43.8 Å². The third-order valence-electron chi connectivity index (χ3n) is 5.89. The van der Waals surface area contributed by atoms with Crippen molar-refractivity contribution in [1.29, 1.82) is 0 Å². The number of imidazole rings is 1. The molecule has 10 nitrogen and oxygen atoms in total. The van der Waals surface area contributed by atoms with E-state index in [2.05, 4.69) is 20.3 Å². The Bertz CT molecular complexity index is 1230. The Morgan fingerprint density at radius 3 is 2.72 bits per heavy atom. The van der Waals surface area contributed by atoms with Crippen LogP contribution in [0.1, 0.15) is 50.2 Å². The van der Waals surface area contributed by atoms with E-state index in [0.717, 1.165) is 0 Å². The van der Waals surface area contributed by atoms with Crippen molar-refractivity contribution < 1.29 is 23.9 Å². The second-order valence-electron chi connectivity index (χ2n) is 8.92. The number of carbonyl (C=O) groups excluding carboxylic acids is 3. The number of hydrogen-bond acceptors (Lipinski definition) is 9. The molecule has 1 saturated heterocycles. The summed E-state index contributed by atoms with van der Waals surface area (Å²) < 4.78 is 13.8. The number of rotatable bonds is 9. The Morgan fingerprint density at radius 1 is 1.22 bits per heavy atom. The van der Waals surface area contributed by atoms with E-state index in [-0.39, 0.29) is 47.5 Å². The fraction of sp³-hybridized carbons (Fsp3) is 0.440. The van der Waals surface area contributed by atoms with E-state index in [1.807, 2.05) is 10.6 Å². The molecular weight excluding hydrogens is 482 g/mol. The van der Waals surface area contributed by atoms with Gasteiger partial charge in [-0.2, -0.15) is 4.98 Å². The molecule has 3 aromatic rings. The average Bonchev–Trinajstić information content (AvgIpc) is 3.46. The molecule has 2 aromatic heterocycles. The van der Waals surface area contributed by atoms with Gasteiger partial charge in [0.05, 0.1) is 30.8 Å². The SMILES string of the molecule is CC(=O)SCC[C@H]1O[C@H](n2cnc3cnc(NC(=O)C(C)C)nc32)C[C@@H]1COC(=O)c1ccccc1. The van der Waals surface area contributed by atoms with Crippen LogP contribution in [0.4, 0.5) is 5.95 Å². The lowest BCUT2D eigenvalue weighted by molar-refractivity contribution is -0.119. The molecule has 0 aliphatic carbocycles. The number of thioether (sulfide) groups is 1. The van der Waals surface area contributed by atoms with Crippen LogP contribution in [0.3, 0.4) is 0 Å². The quantitative estimate of drug-likeness (QED) is 0.426. The summed E-state index contributed by atoms with van der Waals surface area (Å²) in [6.45, 7) is 5.31. The zero-order chi connectivity index (χ0) is 25.7. The largest absolute Gasteiger partial charge is 0.462 e.